The molecule has 1 N–H and O–H groups in total. The number of aryl methyl sites for hydroxylation is 1. The molecular formula is C10H14BrNS. The summed E-state index contributed by atoms with van der Waals surface area (Å²) in [6, 6.07) is 6.35. The van der Waals surface area contributed by atoms with Gasteiger partial charge in [0.15, 0.2) is 0 Å². The highest BCUT2D eigenvalue weighted by Crippen LogP contribution is 2.15. The lowest BCUT2D eigenvalue weighted by Crippen LogP contribution is -2.16. The first-order valence-electron chi connectivity index (χ1n) is 4.30. The molecule has 0 fully saturated rings. The Kier molecular flexibility index (Phi) is 4.84. The predicted octanol–water partition coefficient (Wildman–Crippen LogP) is 2.78. The summed E-state index contributed by atoms with van der Waals surface area (Å²) in [6.07, 6.45) is 0. The van der Waals surface area contributed by atoms with Crippen LogP contribution in [0.2, 0.25) is 0 Å². The lowest BCUT2D eigenvalue weighted by atomic mass is 10.1. The molecule has 0 aromatic heterocycles. The van der Waals surface area contributed by atoms with Crippen molar-refractivity contribution in [3.05, 3.63) is 33.8 Å². The van der Waals surface area contributed by atoms with E-state index in [1.165, 1.54) is 11.1 Å². The molecule has 0 amide bonds. The van der Waals surface area contributed by atoms with Crippen molar-refractivity contribution in [2.75, 3.05) is 12.3 Å². The number of nitrogens with one attached hydrogen (secondary N) is 1. The second-order valence-corrected chi connectivity index (χ2v) is 4.33. The van der Waals surface area contributed by atoms with Gasteiger partial charge in [-0.1, -0.05) is 22.0 Å². The smallest absolute Gasteiger partial charge is 0.0208 e. The molecule has 0 atom stereocenters. The molecule has 1 nitrogen and oxygen atoms in total. The topological polar surface area (TPSA) is 12.0 Å². The third-order valence-electron chi connectivity index (χ3n) is 1.92. The summed E-state index contributed by atoms with van der Waals surface area (Å²) in [5.74, 6) is 0.882. The summed E-state index contributed by atoms with van der Waals surface area (Å²) in [6.45, 7) is 4.01. The van der Waals surface area contributed by atoms with Crippen molar-refractivity contribution in [3.63, 3.8) is 0 Å². The van der Waals surface area contributed by atoms with E-state index in [-0.39, 0.29) is 0 Å². The molecule has 0 aliphatic rings. The monoisotopic (exact) mass is 259 g/mol. The van der Waals surface area contributed by atoms with E-state index in [4.69, 9.17) is 0 Å². The molecule has 1 aromatic rings. The van der Waals surface area contributed by atoms with E-state index in [1.807, 2.05) is 0 Å². The summed E-state index contributed by atoms with van der Waals surface area (Å²) in [5, 5.41) is 3.32. The van der Waals surface area contributed by atoms with Crippen LogP contribution in [0.3, 0.4) is 0 Å². The summed E-state index contributed by atoms with van der Waals surface area (Å²) < 4.78 is 1.14. The van der Waals surface area contributed by atoms with Crippen molar-refractivity contribution >= 4 is 28.6 Å². The van der Waals surface area contributed by atoms with Gasteiger partial charge in [0.2, 0.25) is 0 Å². The Balaban J connectivity index is 2.59. The fourth-order valence-corrected chi connectivity index (χ4v) is 1.70. The maximum Gasteiger partial charge on any atom is 0.0208 e. The second kappa shape index (κ2) is 5.68. The Hall–Kier alpha value is 0.01000. The van der Waals surface area contributed by atoms with Crippen molar-refractivity contribution in [2.45, 2.75) is 13.5 Å². The van der Waals surface area contributed by atoms with Crippen LogP contribution in [0, 0.1) is 6.92 Å². The minimum atomic E-state index is 0.882. The number of benzene rings is 1. The van der Waals surface area contributed by atoms with Gasteiger partial charge in [-0.25, -0.2) is 0 Å². The molecule has 3 heteroatoms. The number of thiol groups is 1. The Morgan fingerprint density at radius 2 is 2.23 bits per heavy atom. The second-order valence-electron chi connectivity index (χ2n) is 2.97. The highest BCUT2D eigenvalue weighted by atomic mass is 79.9. The standard InChI is InChI=1S/C10H14BrNS/c1-8-2-3-10(11)6-9(8)7-12-4-5-13/h2-3,6,12-13H,4-5,7H2,1H3. The molecule has 0 radical (unpaired) electrons. The molecular weight excluding hydrogens is 246 g/mol. The van der Waals surface area contributed by atoms with Gasteiger partial charge in [-0.2, -0.15) is 12.6 Å². The third kappa shape index (κ3) is 3.71. The first kappa shape index (κ1) is 11.1. The van der Waals surface area contributed by atoms with Gasteiger partial charge in [0.1, 0.15) is 0 Å². The first-order valence-corrected chi connectivity index (χ1v) is 5.73. The van der Waals surface area contributed by atoms with Gasteiger partial charge < -0.3 is 5.32 Å². The predicted molar refractivity (Wildman–Crippen MR) is 64.4 cm³/mol. The van der Waals surface area contributed by atoms with Gasteiger partial charge in [0.25, 0.3) is 0 Å². The van der Waals surface area contributed by atoms with Gasteiger partial charge in [-0.15, -0.1) is 0 Å². The van der Waals surface area contributed by atoms with Gasteiger partial charge in [-0.05, 0) is 30.2 Å². The van der Waals surface area contributed by atoms with Crippen LogP contribution in [-0.2, 0) is 6.54 Å². The number of hydrogen-bond acceptors (Lipinski definition) is 2. The maximum atomic E-state index is 4.14. The van der Waals surface area contributed by atoms with E-state index in [2.05, 4.69) is 59.0 Å². The third-order valence-corrected chi connectivity index (χ3v) is 2.63. The number of halogens is 1. The Labute approximate surface area is 93.5 Å². The highest BCUT2D eigenvalue weighted by Gasteiger charge is 1.97. The van der Waals surface area contributed by atoms with Crippen LogP contribution in [0.5, 0.6) is 0 Å². The molecule has 0 bridgehead atoms. The molecule has 0 heterocycles. The van der Waals surface area contributed by atoms with Crippen LogP contribution in [-0.4, -0.2) is 12.3 Å². The van der Waals surface area contributed by atoms with Crippen molar-refractivity contribution in [1.29, 1.82) is 0 Å². The van der Waals surface area contributed by atoms with E-state index in [0.717, 1.165) is 23.3 Å². The van der Waals surface area contributed by atoms with E-state index in [9.17, 15) is 0 Å². The van der Waals surface area contributed by atoms with Crippen LogP contribution in [0.15, 0.2) is 22.7 Å². The first-order chi connectivity index (χ1) is 6.24. The quantitative estimate of drug-likeness (QED) is 0.626. The summed E-state index contributed by atoms with van der Waals surface area (Å²) in [5.41, 5.74) is 2.67. The average molecular weight is 260 g/mol. The van der Waals surface area contributed by atoms with Crippen LogP contribution in [0.4, 0.5) is 0 Å². The summed E-state index contributed by atoms with van der Waals surface area (Å²) >= 11 is 7.60. The molecule has 13 heavy (non-hydrogen) atoms. The zero-order valence-corrected chi connectivity index (χ0v) is 10.2. The molecule has 72 valence electrons. The molecule has 0 aliphatic carbocycles. The highest BCUT2D eigenvalue weighted by molar-refractivity contribution is 9.10. The SMILES string of the molecule is Cc1ccc(Br)cc1CNCCS. The molecule has 0 saturated carbocycles. The number of rotatable bonds is 4. The van der Waals surface area contributed by atoms with E-state index in [1.54, 1.807) is 0 Å². The van der Waals surface area contributed by atoms with Gasteiger partial charge in [0.05, 0.1) is 0 Å². The van der Waals surface area contributed by atoms with Crippen molar-refractivity contribution in [3.8, 4) is 0 Å². The normalized spacial score (nSPS) is 10.4. The number of hydrogen-bond donors (Lipinski definition) is 2. The van der Waals surface area contributed by atoms with Crippen LogP contribution >= 0.6 is 28.6 Å². The Morgan fingerprint density at radius 1 is 1.46 bits per heavy atom. The van der Waals surface area contributed by atoms with E-state index < -0.39 is 0 Å². The van der Waals surface area contributed by atoms with Crippen molar-refractivity contribution in [2.24, 2.45) is 0 Å². The zero-order chi connectivity index (χ0) is 9.68. The molecule has 0 saturated heterocycles. The molecule has 0 spiro atoms. The van der Waals surface area contributed by atoms with E-state index >= 15 is 0 Å². The van der Waals surface area contributed by atoms with Crippen LogP contribution < -0.4 is 5.32 Å². The minimum Gasteiger partial charge on any atom is -0.312 e. The van der Waals surface area contributed by atoms with E-state index in [0.29, 0.717) is 0 Å². The minimum absolute atomic E-state index is 0.882. The fraction of sp³-hybridized carbons (Fsp3) is 0.400. The Morgan fingerprint density at radius 3 is 2.92 bits per heavy atom. The summed E-state index contributed by atoms with van der Waals surface area (Å²) in [4.78, 5) is 0. The van der Waals surface area contributed by atoms with Gasteiger partial charge in [0, 0.05) is 23.3 Å². The largest absolute Gasteiger partial charge is 0.312 e. The molecule has 1 aromatic carbocycles. The van der Waals surface area contributed by atoms with Gasteiger partial charge in [-0.3, -0.25) is 0 Å². The average Bonchev–Trinajstić information content (AvgIpc) is 2.11. The fourth-order valence-electron chi connectivity index (χ4n) is 1.13. The van der Waals surface area contributed by atoms with Crippen LogP contribution in [0.1, 0.15) is 11.1 Å². The Bertz CT molecular complexity index is 276. The van der Waals surface area contributed by atoms with Gasteiger partial charge >= 0.3 is 0 Å². The summed E-state index contributed by atoms with van der Waals surface area (Å²) in [7, 11) is 0. The van der Waals surface area contributed by atoms with Crippen molar-refractivity contribution in [1.82, 2.24) is 5.32 Å². The molecule has 0 aliphatic heterocycles. The zero-order valence-electron chi connectivity index (χ0n) is 7.68. The molecule has 0 unspecified atom stereocenters. The van der Waals surface area contributed by atoms with Crippen LogP contribution in [0.25, 0.3) is 0 Å². The lowest BCUT2D eigenvalue weighted by Gasteiger charge is -2.07. The molecule has 1 rings (SSSR count). The maximum absolute atomic E-state index is 4.14. The lowest BCUT2D eigenvalue weighted by molar-refractivity contribution is 0.729. The van der Waals surface area contributed by atoms with Crippen molar-refractivity contribution < 1.29 is 0 Å².